The molecule has 2 aromatic carbocycles. The molecule has 7 nitrogen and oxygen atoms in total. The summed E-state index contributed by atoms with van der Waals surface area (Å²) in [4.78, 5) is 33.2. The quantitative estimate of drug-likeness (QED) is 0.545. The van der Waals surface area contributed by atoms with Gasteiger partial charge in [0.25, 0.3) is 5.56 Å². The van der Waals surface area contributed by atoms with E-state index in [9.17, 15) is 9.59 Å². The largest absolute Gasteiger partial charge is 0.493 e. The van der Waals surface area contributed by atoms with Gasteiger partial charge in [0.1, 0.15) is 11.6 Å². The summed E-state index contributed by atoms with van der Waals surface area (Å²) in [6, 6.07) is 15.2. The number of hydrogen-bond donors (Lipinski definition) is 2. The number of aromatic nitrogens is 3. The standard InChI is InChI=1S/C23H22N4O3/c1-13(2)12-30-18-10-6-3-7-14(18)15-11-19(28)25-21-20(15)22(29)26-23-24-16-8-4-5-9-17(16)27(21)23/h3-10,13,15H,11-12H2,1-2H3,(H,25,28)(H,24,26,29). The Morgan fingerprint density at radius 1 is 1.13 bits per heavy atom. The lowest BCUT2D eigenvalue weighted by atomic mass is 9.86. The van der Waals surface area contributed by atoms with Gasteiger partial charge in [-0.15, -0.1) is 0 Å². The SMILES string of the molecule is CC(C)COc1ccccc1C1CC(=O)Nc2c1c(=O)[nH]c1nc3ccccc3n21. The molecule has 0 saturated carbocycles. The van der Waals surface area contributed by atoms with Crippen LogP contribution in [-0.2, 0) is 4.79 Å². The van der Waals surface area contributed by atoms with E-state index < -0.39 is 5.92 Å². The molecule has 152 valence electrons. The summed E-state index contributed by atoms with van der Waals surface area (Å²) in [6.45, 7) is 4.72. The number of para-hydroxylation sites is 3. The highest BCUT2D eigenvalue weighted by atomic mass is 16.5. The van der Waals surface area contributed by atoms with Crippen molar-refractivity contribution in [2.75, 3.05) is 11.9 Å². The first-order valence-electron chi connectivity index (χ1n) is 10.1. The molecule has 30 heavy (non-hydrogen) atoms. The molecular formula is C23H22N4O3. The van der Waals surface area contributed by atoms with E-state index >= 15 is 0 Å². The molecule has 0 bridgehead atoms. The van der Waals surface area contributed by atoms with Crippen LogP contribution in [0.15, 0.2) is 53.3 Å². The fourth-order valence-corrected chi connectivity index (χ4v) is 4.07. The maximum absolute atomic E-state index is 13.1. The van der Waals surface area contributed by atoms with Gasteiger partial charge in [0.2, 0.25) is 11.7 Å². The number of anilines is 1. The van der Waals surface area contributed by atoms with E-state index in [2.05, 4.69) is 29.1 Å². The lowest BCUT2D eigenvalue weighted by Gasteiger charge is -2.27. The number of aromatic amines is 1. The summed E-state index contributed by atoms with van der Waals surface area (Å²) in [5.74, 6) is 1.39. The molecule has 0 fully saturated rings. The Bertz CT molecular complexity index is 1340. The van der Waals surface area contributed by atoms with Crippen molar-refractivity contribution in [1.82, 2.24) is 14.4 Å². The van der Waals surface area contributed by atoms with Gasteiger partial charge in [-0.1, -0.05) is 44.2 Å². The van der Waals surface area contributed by atoms with E-state index in [1.807, 2.05) is 52.9 Å². The molecule has 0 aliphatic carbocycles. The zero-order valence-corrected chi connectivity index (χ0v) is 16.8. The smallest absolute Gasteiger partial charge is 0.258 e. The van der Waals surface area contributed by atoms with Gasteiger partial charge < -0.3 is 10.1 Å². The first kappa shape index (κ1) is 18.4. The minimum absolute atomic E-state index is 0.143. The highest BCUT2D eigenvalue weighted by Crippen LogP contribution is 2.39. The van der Waals surface area contributed by atoms with E-state index in [1.54, 1.807) is 0 Å². The van der Waals surface area contributed by atoms with Crippen molar-refractivity contribution in [1.29, 1.82) is 0 Å². The Hall–Kier alpha value is -3.61. The van der Waals surface area contributed by atoms with Crippen LogP contribution in [0.5, 0.6) is 5.75 Å². The number of imidazole rings is 1. The van der Waals surface area contributed by atoms with Crippen molar-refractivity contribution in [3.63, 3.8) is 0 Å². The predicted octanol–water partition coefficient (Wildman–Crippen LogP) is 3.68. The van der Waals surface area contributed by atoms with Crippen molar-refractivity contribution in [3.8, 4) is 5.75 Å². The zero-order chi connectivity index (χ0) is 20.8. The lowest BCUT2D eigenvalue weighted by Crippen LogP contribution is -2.32. The highest BCUT2D eigenvalue weighted by molar-refractivity contribution is 5.96. The number of nitrogens with zero attached hydrogens (tertiary/aromatic N) is 2. The number of ether oxygens (including phenoxy) is 1. The Kier molecular flexibility index (Phi) is 4.31. The third-order valence-electron chi connectivity index (χ3n) is 5.37. The zero-order valence-electron chi connectivity index (χ0n) is 16.8. The first-order valence-corrected chi connectivity index (χ1v) is 10.1. The van der Waals surface area contributed by atoms with Crippen LogP contribution < -0.4 is 15.6 Å². The van der Waals surface area contributed by atoms with E-state index in [0.29, 0.717) is 35.4 Å². The number of rotatable bonds is 4. The summed E-state index contributed by atoms with van der Waals surface area (Å²) in [5.41, 5.74) is 2.68. The Morgan fingerprint density at radius 2 is 1.90 bits per heavy atom. The molecule has 0 spiro atoms. The summed E-state index contributed by atoms with van der Waals surface area (Å²) in [6.07, 6.45) is 0.177. The number of carbonyl (C=O) groups excluding carboxylic acids is 1. The Balaban J connectivity index is 1.75. The topological polar surface area (TPSA) is 88.5 Å². The van der Waals surface area contributed by atoms with Gasteiger partial charge in [0.15, 0.2) is 0 Å². The van der Waals surface area contributed by atoms with Gasteiger partial charge in [-0.2, -0.15) is 0 Å². The molecule has 1 unspecified atom stereocenters. The van der Waals surface area contributed by atoms with Crippen molar-refractivity contribution in [3.05, 3.63) is 70.0 Å². The molecule has 3 heterocycles. The van der Waals surface area contributed by atoms with Crippen LogP contribution in [0.3, 0.4) is 0 Å². The second-order valence-electron chi connectivity index (χ2n) is 8.02. The van der Waals surface area contributed by atoms with E-state index in [1.165, 1.54) is 0 Å². The molecule has 4 aromatic rings. The Morgan fingerprint density at radius 3 is 2.73 bits per heavy atom. The van der Waals surface area contributed by atoms with Crippen LogP contribution >= 0.6 is 0 Å². The first-order chi connectivity index (χ1) is 14.5. The van der Waals surface area contributed by atoms with Crippen LogP contribution in [0.2, 0.25) is 0 Å². The molecule has 0 radical (unpaired) electrons. The third kappa shape index (κ3) is 2.94. The summed E-state index contributed by atoms with van der Waals surface area (Å²) in [7, 11) is 0. The summed E-state index contributed by atoms with van der Waals surface area (Å²) in [5, 5.41) is 2.91. The lowest BCUT2D eigenvalue weighted by molar-refractivity contribution is -0.116. The fourth-order valence-electron chi connectivity index (χ4n) is 4.07. The molecule has 2 N–H and O–H groups in total. The molecule has 1 atom stereocenters. The van der Waals surface area contributed by atoms with E-state index in [-0.39, 0.29) is 17.9 Å². The average molecular weight is 402 g/mol. The van der Waals surface area contributed by atoms with Gasteiger partial charge in [0.05, 0.1) is 23.2 Å². The van der Waals surface area contributed by atoms with Crippen molar-refractivity contribution >= 4 is 28.5 Å². The van der Waals surface area contributed by atoms with Crippen molar-refractivity contribution < 1.29 is 9.53 Å². The van der Waals surface area contributed by atoms with Crippen LogP contribution in [0.25, 0.3) is 16.8 Å². The summed E-state index contributed by atoms with van der Waals surface area (Å²) < 4.78 is 7.83. The molecule has 2 aromatic heterocycles. The monoisotopic (exact) mass is 402 g/mol. The maximum Gasteiger partial charge on any atom is 0.258 e. The number of hydrogen-bond acceptors (Lipinski definition) is 4. The van der Waals surface area contributed by atoms with Gasteiger partial charge >= 0.3 is 0 Å². The predicted molar refractivity (Wildman–Crippen MR) is 115 cm³/mol. The summed E-state index contributed by atoms with van der Waals surface area (Å²) >= 11 is 0. The fraction of sp³-hybridized carbons (Fsp3) is 0.261. The van der Waals surface area contributed by atoms with E-state index in [4.69, 9.17) is 4.74 Å². The number of amides is 1. The second kappa shape index (κ2) is 7.02. The van der Waals surface area contributed by atoms with Gasteiger partial charge in [-0.05, 0) is 24.1 Å². The normalized spacial score (nSPS) is 16.1. The molecule has 0 saturated heterocycles. The van der Waals surface area contributed by atoms with Crippen LogP contribution in [0, 0.1) is 5.92 Å². The molecule has 1 aliphatic rings. The number of carbonyl (C=O) groups is 1. The number of H-pyrrole nitrogens is 1. The Labute approximate surface area is 172 Å². The molecule has 1 amide bonds. The second-order valence-corrected chi connectivity index (χ2v) is 8.02. The molecular weight excluding hydrogens is 380 g/mol. The minimum atomic E-state index is -0.411. The molecule has 7 heteroatoms. The van der Waals surface area contributed by atoms with Crippen molar-refractivity contribution in [2.24, 2.45) is 5.92 Å². The number of fused-ring (bicyclic) bond motifs is 5. The number of benzene rings is 2. The molecule has 1 aliphatic heterocycles. The third-order valence-corrected chi connectivity index (χ3v) is 5.37. The van der Waals surface area contributed by atoms with Gasteiger partial charge in [-0.3, -0.25) is 19.0 Å². The highest BCUT2D eigenvalue weighted by Gasteiger charge is 2.33. The average Bonchev–Trinajstić information content (AvgIpc) is 3.10. The van der Waals surface area contributed by atoms with Gasteiger partial charge in [0, 0.05) is 17.9 Å². The van der Waals surface area contributed by atoms with Crippen LogP contribution in [0.1, 0.15) is 37.3 Å². The van der Waals surface area contributed by atoms with Crippen LogP contribution in [-0.4, -0.2) is 26.9 Å². The van der Waals surface area contributed by atoms with Crippen LogP contribution in [0.4, 0.5) is 5.82 Å². The van der Waals surface area contributed by atoms with Crippen molar-refractivity contribution in [2.45, 2.75) is 26.2 Å². The van der Waals surface area contributed by atoms with E-state index in [0.717, 1.165) is 16.6 Å². The maximum atomic E-state index is 13.1. The molecule has 5 rings (SSSR count). The number of nitrogens with one attached hydrogen (secondary N) is 2. The minimum Gasteiger partial charge on any atom is -0.493 e. The van der Waals surface area contributed by atoms with Gasteiger partial charge in [-0.25, -0.2) is 4.98 Å².